The molecule has 206 valence electrons. The highest BCUT2D eigenvalue weighted by atomic mass is 16.5. The maximum atomic E-state index is 13.2. The summed E-state index contributed by atoms with van der Waals surface area (Å²) >= 11 is 0. The molecule has 2 aliphatic rings. The number of pyridine rings is 1. The van der Waals surface area contributed by atoms with Gasteiger partial charge in [0.1, 0.15) is 6.61 Å². The molecule has 1 amide bonds. The number of carbonyl (C=O) groups is 1. The number of benzene rings is 2. The Kier molecular flexibility index (Phi) is 7.67. The van der Waals surface area contributed by atoms with Gasteiger partial charge in [0, 0.05) is 36.5 Å². The number of hydrogen-bond acceptors (Lipinski definition) is 8. The molecule has 0 unspecified atom stereocenters. The van der Waals surface area contributed by atoms with Crippen molar-refractivity contribution in [3.8, 4) is 16.9 Å². The van der Waals surface area contributed by atoms with Crippen molar-refractivity contribution < 1.29 is 9.53 Å². The van der Waals surface area contributed by atoms with Crippen LogP contribution in [0.25, 0.3) is 11.1 Å². The monoisotopic (exact) mass is 538 g/mol. The van der Waals surface area contributed by atoms with Crippen LogP contribution >= 0.6 is 0 Å². The molecular formula is C30H34N8O2. The highest BCUT2D eigenvalue weighted by molar-refractivity contribution is 5.94. The van der Waals surface area contributed by atoms with E-state index in [2.05, 4.69) is 25.4 Å². The van der Waals surface area contributed by atoms with Crippen molar-refractivity contribution >= 4 is 11.7 Å². The van der Waals surface area contributed by atoms with Gasteiger partial charge >= 0.3 is 0 Å². The molecule has 0 atom stereocenters. The van der Waals surface area contributed by atoms with Crippen LogP contribution in [0.1, 0.15) is 47.4 Å². The fourth-order valence-corrected chi connectivity index (χ4v) is 5.61. The molecule has 0 saturated carbocycles. The van der Waals surface area contributed by atoms with E-state index in [9.17, 15) is 4.79 Å². The molecule has 6 rings (SSSR count). The zero-order valence-corrected chi connectivity index (χ0v) is 22.5. The van der Waals surface area contributed by atoms with Gasteiger partial charge in [-0.2, -0.15) is 0 Å². The Bertz CT molecular complexity index is 1430. The van der Waals surface area contributed by atoms with Gasteiger partial charge in [-0.25, -0.2) is 9.67 Å². The lowest BCUT2D eigenvalue weighted by atomic mass is 10.0. The molecule has 0 aliphatic carbocycles. The first-order valence-electron chi connectivity index (χ1n) is 13.9. The number of nitrogens with two attached hydrogens (primary N) is 1. The number of hydrogen-bond donors (Lipinski definition) is 1. The van der Waals surface area contributed by atoms with E-state index in [0.717, 1.165) is 42.6 Å². The number of tetrazole rings is 1. The smallest absolute Gasteiger partial charge is 0.253 e. The van der Waals surface area contributed by atoms with Gasteiger partial charge in [0.15, 0.2) is 17.4 Å². The first kappa shape index (κ1) is 25.9. The third-order valence-corrected chi connectivity index (χ3v) is 7.89. The average Bonchev–Trinajstić information content (AvgIpc) is 3.70. The fourth-order valence-electron chi connectivity index (χ4n) is 5.61. The van der Waals surface area contributed by atoms with Crippen molar-refractivity contribution in [1.82, 2.24) is 35.0 Å². The van der Waals surface area contributed by atoms with Gasteiger partial charge in [-0.05, 0) is 78.5 Å². The summed E-state index contributed by atoms with van der Waals surface area (Å²) in [5, 5.41) is 12.0. The number of likely N-dealkylation sites (tertiary alicyclic amines) is 2. The van der Waals surface area contributed by atoms with Crippen LogP contribution in [0.2, 0.25) is 0 Å². The van der Waals surface area contributed by atoms with E-state index >= 15 is 0 Å². The number of carbonyl (C=O) groups excluding carboxylic acids is 1. The number of piperidine rings is 1. The lowest BCUT2D eigenvalue weighted by Crippen LogP contribution is -2.45. The highest BCUT2D eigenvalue weighted by Gasteiger charge is 2.28. The summed E-state index contributed by atoms with van der Waals surface area (Å²) in [5.74, 6) is 1.42. The number of ether oxygens (including phenoxy) is 1. The number of anilines is 1. The molecule has 2 aromatic heterocycles. The van der Waals surface area contributed by atoms with Gasteiger partial charge in [0.2, 0.25) is 0 Å². The quantitative estimate of drug-likeness (QED) is 0.362. The minimum atomic E-state index is 0.0964. The van der Waals surface area contributed by atoms with Crippen molar-refractivity contribution in [2.45, 2.75) is 44.9 Å². The van der Waals surface area contributed by atoms with Crippen LogP contribution in [0.5, 0.6) is 5.75 Å². The van der Waals surface area contributed by atoms with Crippen LogP contribution in [-0.2, 0) is 13.2 Å². The van der Waals surface area contributed by atoms with Crippen LogP contribution in [0.15, 0.2) is 66.9 Å². The lowest BCUT2D eigenvalue weighted by molar-refractivity contribution is 0.0644. The van der Waals surface area contributed by atoms with Gasteiger partial charge in [-0.15, -0.1) is 5.10 Å². The molecule has 4 aromatic rings. The molecule has 4 heterocycles. The van der Waals surface area contributed by atoms with Crippen molar-refractivity contribution in [3.63, 3.8) is 0 Å². The van der Waals surface area contributed by atoms with Crippen molar-refractivity contribution in [2.75, 3.05) is 31.9 Å². The van der Waals surface area contributed by atoms with E-state index in [1.165, 1.54) is 25.9 Å². The van der Waals surface area contributed by atoms with Gasteiger partial charge in [0.05, 0.1) is 6.54 Å². The van der Waals surface area contributed by atoms with Crippen molar-refractivity contribution in [3.05, 3.63) is 83.8 Å². The van der Waals surface area contributed by atoms with Gasteiger partial charge in [0.25, 0.3) is 5.91 Å². The topological polar surface area (TPSA) is 115 Å². The fraction of sp³-hybridized carbons (Fsp3) is 0.367. The summed E-state index contributed by atoms with van der Waals surface area (Å²) in [6, 6.07) is 20.1. The second-order valence-corrected chi connectivity index (χ2v) is 10.5. The van der Waals surface area contributed by atoms with E-state index < -0.39 is 0 Å². The normalized spacial score (nSPS) is 16.4. The number of amides is 1. The van der Waals surface area contributed by atoms with E-state index in [4.69, 9.17) is 10.5 Å². The first-order chi connectivity index (χ1) is 19.6. The maximum Gasteiger partial charge on any atom is 0.253 e. The zero-order chi connectivity index (χ0) is 27.3. The largest absolute Gasteiger partial charge is 0.482 e. The predicted octanol–water partition coefficient (Wildman–Crippen LogP) is 3.65. The third-order valence-electron chi connectivity index (χ3n) is 7.89. The summed E-state index contributed by atoms with van der Waals surface area (Å²) in [4.78, 5) is 22.1. The average molecular weight is 539 g/mol. The Hall–Kier alpha value is -4.31. The summed E-state index contributed by atoms with van der Waals surface area (Å²) in [6.45, 7) is 4.75. The molecule has 0 spiro atoms. The molecule has 10 nitrogen and oxygen atoms in total. The van der Waals surface area contributed by atoms with E-state index in [1.807, 2.05) is 65.6 Å². The Morgan fingerprint density at radius 3 is 2.45 bits per heavy atom. The summed E-state index contributed by atoms with van der Waals surface area (Å²) in [7, 11) is 0. The molecule has 2 aliphatic heterocycles. The van der Waals surface area contributed by atoms with Crippen LogP contribution in [0.4, 0.5) is 5.82 Å². The van der Waals surface area contributed by atoms with Crippen LogP contribution in [-0.4, -0.2) is 73.1 Å². The number of aromatic nitrogens is 5. The molecule has 2 N–H and O–H groups in total. The molecule has 2 fully saturated rings. The Labute approximate surface area is 233 Å². The van der Waals surface area contributed by atoms with Crippen LogP contribution < -0.4 is 10.5 Å². The number of rotatable bonds is 8. The van der Waals surface area contributed by atoms with E-state index in [0.29, 0.717) is 29.7 Å². The van der Waals surface area contributed by atoms with Crippen LogP contribution in [0, 0.1) is 0 Å². The molecule has 40 heavy (non-hydrogen) atoms. The molecule has 2 aromatic carbocycles. The summed E-state index contributed by atoms with van der Waals surface area (Å²) < 4.78 is 7.70. The SMILES string of the molecule is Nc1ncc(-c2ccc(C(=O)N3CCC(N4CCCC4)CC3)cc2)cc1OCc1nnnn1Cc1ccccc1. The van der Waals surface area contributed by atoms with Gasteiger partial charge in [-0.1, -0.05) is 42.5 Å². The van der Waals surface area contributed by atoms with E-state index in [1.54, 1.807) is 10.9 Å². The minimum Gasteiger partial charge on any atom is -0.482 e. The maximum absolute atomic E-state index is 13.2. The van der Waals surface area contributed by atoms with Crippen LogP contribution in [0.3, 0.4) is 0 Å². The summed E-state index contributed by atoms with van der Waals surface area (Å²) in [6.07, 6.45) is 6.43. The van der Waals surface area contributed by atoms with Gasteiger partial charge in [-0.3, -0.25) is 4.79 Å². The zero-order valence-electron chi connectivity index (χ0n) is 22.5. The molecule has 0 radical (unpaired) electrons. The first-order valence-corrected chi connectivity index (χ1v) is 13.9. The molecule has 10 heteroatoms. The summed E-state index contributed by atoms with van der Waals surface area (Å²) in [5.41, 5.74) is 9.68. The molecular weight excluding hydrogens is 504 g/mol. The van der Waals surface area contributed by atoms with Gasteiger partial charge < -0.3 is 20.3 Å². The third kappa shape index (κ3) is 5.81. The van der Waals surface area contributed by atoms with Crippen molar-refractivity contribution in [1.29, 1.82) is 0 Å². The number of nitrogens with zero attached hydrogens (tertiary/aromatic N) is 7. The predicted molar refractivity (Wildman–Crippen MR) is 152 cm³/mol. The Morgan fingerprint density at radius 2 is 1.70 bits per heavy atom. The lowest BCUT2D eigenvalue weighted by Gasteiger charge is -2.36. The Morgan fingerprint density at radius 1 is 0.950 bits per heavy atom. The second-order valence-electron chi connectivity index (χ2n) is 10.5. The molecule has 2 saturated heterocycles. The number of nitrogen functional groups attached to an aromatic ring is 1. The van der Waals surface area contributed by atoms with E-state index in [-0.39, 0.29) is 18.3 Å². The highest BCUT2D eigenvalue weighted by Crippen LogP contribution is 2.28. The molecule has 0 bridgehead atoms. The Balaban J connectivity index is 1.08. The standard InChI is InChI=1S/C30H34N8O2/c31-29-27(40-21-28-33-34-35-38(28)20-22-6-2-1-3-7-22)18-25(19-32-29)23-8-10-24(11-9-23)30(39)37-16-12-26(13-17-37)36-14-4-5-15-36/h1-3,6-11,18-19,26H,4-5,12-17,20-21H2,(H2,31,32). The minimum absolute atomic E-state index is 0.0964. The van der Waals surface area contributed by atoms with Crippen molar-refractivity contribution in [2.24, 2.45) is 0 Å². The second kappa shape index (κ2) is 11.8.